The van der Waals surface area contributed by atoms with Crippen molar-refractivity contribution in [2.45, 2.75) is 13.0 Å². The fraction of sp³-hybridized carbons (Fsp3) is 0.364. The molecule has 0 amide bonds. The van der Waals surface area contributed by atoms with Gasteiger partial charge in [0.1, 0.15) is 0 Å². The summed E-state index contributed by atoms with van der Waals surface area (Å²) in [7, 11) is 0. The number of hydrogen-bond donors (Lipinski definition) is 1. The van der Waals surface area contributed by atoms with Crippen molar-refractivity contribution in [1.82, 2.24) is 5.32 Å². The van der Waals surface area contributed by atoms with Gasteiger partial charge in [-0.05, 0) is 6.07 Å². The Labute approximate surface area is 88.4 Å². The monoisotopic (exact) mass is 204 g/mol. The van der Waals surface area contributed by atoms with Gasteiger partial charge in [0.05, 0.1) is 6.07 Å². The van der Waals surface area contributed by atoms with Crippen LogP contribution in [-0.2, 0) is 6.54 Å². The van der Waals surface area contributed by atoms with Gasteiger partial charge in [-0.2, -0.15) is 5.26 Å². The maximum absolute atomic E-state index is 8.38. The first kappa shape index (κ1) is 9.81. The molecule has 1 aromatic carbocycles. The van der Waals surface area contributed by atoms with E-state index in [4.69, 9.17) is 14.7 Å². The van der Waals surface area contributed by atoms with E-state index in [1.54, 1.807) is 0 Å². The lowest BCUT2D eigenvalue weighted by atomic mass is 10.2. The van der Waals surface area contributed by atoms with Gasteiger partial charge in [-0.1, -0.05) is 12.1 Å². The van der Waals surface area contributed by atoms with Crippen LogP contribution in [0.2, 0.25) is 0 Å². The molecule has 2 rings (SSSR count). The van der Waals surface area contributed by atoms with Gasteiger partial charge >= 0.3 is 0 Å². The molecule has 1 aliphatic rings. The predicted molar refractivity (Wildman–Crippen MR) is 54.5 cm³/mol. The molecule has 1 heterocycles. The standard InChI is InChI=1S/C11H12N2O2/c12-5-2-6-13-7-9-3-1-4-10-11(9)15-8-14-10/h1,3-4,13H,2,6-8H2. The number of rotatable bonds is 4. The maximum Gasteiger partial charge on any atom is 0.231 e. The second-order valence-corrected chi connectivity index (χ2v) is 3.24. The van der Waals surface area contributed by atoms with Crippen molar-refractivity contribution < 1.29 is 9.47 Å². The fourth-order valence-corrected chi connectivity index (χ4v) is 1.50. The van der Waals surface area contributed by atoms with E-state index in [0.717, 1.165) is 17.1 Å². The molecule has 1 N–H and O–H groups in total. The summed E-state index contributed by atoms with van der Waals surface area (Å²) in [5.74, 6) is 1.62. The smallest absolute Gasteiger partial charge is 0.231 e. The first-order chi connectivity index (χ1) is 7.42. The number of para-hydroxylation sites is 1. The molecule has 0 radical (unpaired) electrons. The van der Waals surface area contributed by atoms with Crippen LogP contribution in [0.15, 0.2) is 18.2 Å². The lowest BCUT2D eigenvalue weighted by molar-refractivity contribution is 0.173. The van der Waals surface area contributed by atoms with E-state index in [1.807, 2.05) is 18.2 Å². The van der Waals surface area contributed by atoms with Crippen LogP contribution < -0.4 is 14.8 Å². The maximum atomic E-state index is 8.38. The van der Waals surface area contributed by atoms with E-state index in [9.17, 15) is 0 Å². The van der Waals surface area contributed by atoms with Crippen LogP contribution in [0, 0.1) is 11.3 Å². The Bertz CT molecular complexity index is 385. The summed E-state index contributed by atoms with van der Waals surface area (Å²) >= 11 is 0. The van der Waals surface area contributed by atoms with Crippen molar-refractivity contribution >= 4 is 0 Å². The molecule has 0 atom stereocenters. The summed E-state index contributed by atoms with van der Waals surface area (Å²) in [6, 6.07) is 7.91. The lowest BCUT2D eigenvalue weighted by Gasteiger charge is -2.05. The summed E-state index contributed by atoms with van der Waals surface area (Å²) in [4.78, 5) is 0. The molecule has 4 heteroatoms. The highest BCUT2D eigenvalue weighted by Gasteiger charge is 2.16. The van der Waals surface area contributed by atoms with Gasteiger partial charge in [0.2, 0.25) is 6.79 Å². The van der Waals surface area contributed by atoms with E-state index in [-0.39, 0.29) is 0 Å². The van der Waals surface area contributed by atoms with Crippen LogP contribution in [0.5, 0.6) is 11.5 Å². The van der Waals surface area contributed by atoms with Crippen LogP contribution in [0.3, 0.4) is 0 Å². The highest BCUT2D eigenvalue weighted by molar-refractivity contribution is 5.48. The Balaban J connectivity index is 1.97. The van der Waals surface area contributed by atoms with Crippen molar-refractivity contribution in [3.05, 3.63) is 23.8 Å². The van der Waals surface area contributed by atoms with Gasteiger partial charge in [0, 0.05) is 25.1 Å². The van der Waals surface area contributed by atoms with E-state index < -0.39 is 0 Å². The molecule has 4 nitrogen and oxygen atoms in total. The Kier molecular flexibility index (Phi) is 3.05. The number of nitrogens with one attached hydrogen (secondary N) is 1. The minimum atomic E-state index is 0.296. The van der Waals surface area contributed by atoms with Crippen LogP contribution in [0.25, 0.3) is 0 Å². The molecule has 0 saturated heterocycles. The molecular formula is C11H12N2O2. The number of nitrogens with zero attached hydrogens (tertiary/aromatic N) is 1. The summed E-state index contributed by atoms with van der Waals surface area (Å²) in [5.41, 5.74) is 1.07. The molecule has 78 valence electrons. The van der Waals surface area contributed by atoms with Gasteiger partial charge in [-0.15, -0.1) is 0 Å². The van der Waals surface area contributed by atoms with Crippen molar-refractivity contribution in [2.75, 3.05) is 13.3 Å². The van der Waals surface area contributed by atoms with Crippen LogP contribution in [-0.4, -0.2) is 13.3 Å². The van der Waals surface area contributed by atoms with Gasteiger partial charge in [0.15, 0.2) is 11.5 Å². The van der Waals surface area contributed by atoms with Gasteiger partial charge in [-0.3, -0.25) is 0 Å². The Hall–Kier alpha value is -1.73. The SMILES string of the molecule is N#CCCNCc1cccc2c1OCO2. The molecule has 0 unspecified atom stereocenters. The van der Waals surface area contributed by atoms with Crippen molar-refractivity contribution in [3.63, 3.8) is 0 Å². The highest BCUT2D eigenvalue weighted by Crippen LogP contribution is 2.35. The summed E-state index contributed by atoms with van der Waals surface area (Å²) in [5, 5.41) is 11.6. The topological polar surface area (TPSA) is 54.3 Å². The molecule has 0 aromatic heterocycles. The molecule has 1 aromatic rings. The second-order valence-electron chi connectivity index (χ2n) is 3.24. The van der Waals surface area contributed by atoms with Gasteiger partial charge in [-0.25, -0.2) is 0 Å². The number of ether oxygens (including phenoxy) is 2. The Morgan fingerprint density at radius 3 is 3.20 bits per heavy atom. The second kappa shape index (κ2) is 4.67. The minimum Gasteiger partial charge on any atom is -0.454 e. The number of benzene rings is 1. The molecule has 0 spiro atoms. The quantitative estimate of drug-likeness (QED) is 0.753. The van der Waals surface area contributed by atoms with E-state index in [1.165, 1.54) is 0 Å². The summed E-state index contributed by atoms with van der Waals surface area (Å²) in [6.07, 6.45) is 0.520. The molecule has 15 heavy (non-hydrogen) atoms. The van der Waals surface area contributed by atoms with Crippen molar-refractivity contribution in [3.8, 4) is 17.6 Å². The molecule has 1 aliphatic heterocycles. The highest BCUT2D eigenvalue weighted by atomic mass is 16.7. The van der Waals surface area contributed by atoms with Crippen molar-refractivity contribution in [2.24, 2.45) is 0 Å². The Morgan fingerprint density at radius 1 is 1.40 bits per heavy atom. The molecular weight excluding hydrogens is 192 g/mol. The van der Waals surface area contributed by atoms with E-state index >= 15 is 0 Å². The number of nitriles is 1. The van der Waals surface area contributed by atoms with E-state index in [2.05, 4.69) is 11.4 Å². The Morgan fingerprint density at radius 2 is 2.33 bits per heavy atom. The van der Waals surface area contributed by atoms with Gasteiger partial charge in [0.25, 0.3) is 0 Å². The first-order valence-electron chi connectivity index (χ1n) is 4.87. The minimum absolute atomic E-state index is 0.296. The third-order valence-electron chi connectivity index (χ3n) is 2.21. The molecule has 0 aliphatic carbocycles. The zero-order valence-electron chi connectivity index (χ0n) is 8.32. The third-order valence-corrected chi connectivity index (χ3v) is 2.21. The third kappa shape index (κ3) is 2.20. The molecule has 0 bridgehead atoms. The molecule has 0 saturated carbocycles. The normalized spacial score (nSPS) is 12.5. The first-order valence-corrected chi connectivity index (χ1v) is 4.87. The average Bonchev–Trinajstić information content (AvgIpc) is 2.73. The lowest BCUT2D eigenvalue weighted by Crippen LogP contribution is -2.14. The van der Waals surface area contributed by atoms with Crippen LogP contribution in [0.1, 0.15) is 12.0 Å². The van der Waals surface area contributed by atoms with Gasteiger partial charge < -0.3 is 14.8 Å². The molecule has 0 fully saturated rings. The zero-order chi connectivity index (χ0) is 10.5. The zero-order valence-corrected chi connectivity index (χ0v) is 8.32. The summed E-state index contributed by atoms with van der Waals surface area (Å²) in [6.45, 7) is 1.69. The van der Waals surface area contributed by atoms with Crippen molar-refractivity contribution in [1.29, 1.82) is 5.26 Å². The number of hydrogen-bond acceptors (Lipinski definition) is 4. The summed E-state index contributed by atoms with van der Waals surface area (Å²) < 4.78 is 10.6. The van der Waals surface area contributed by atoms with Crippen LogP contribution in [0.4, 0.5) is 0 Å². The average molecular weight is 204 g/mol. The van der Waals surface area contributed by atoms with E-state index in [0.29, 0.717) is 26.3 Å². The predicted octanol–water partition coefficient (Wildman–Crippen LogP) is 1.42. The fourth-order valence-electron chi connectivity index (χ4n) is 1.50. The van der Waals surface area contributed by atoms with Crippen LogP contribution >= 0.6 is 0 Å². The number of fused-ring (bicyclic) bond motifs is 1. The largest absolute Gasteiger partial charge is 0.454 e.